The van der Waals surface area contributed by atoms with Crippen LogP contribution in [0.25, 0.3) is 6.08 Å². The van der Waals surface area contributed by atoms with Crippen LogP contribution in [-0.4, -0.2) is 12.7 Å². The molecule has 1 aliphatic rings. The van der Waals surface area contributed by atoms with Crippen molar-refractivity contribution in [1.82, 2.24) is 5.32 Å². The number of nitrogens with zero attached hydrogens (tertiary/aromatic N) is 1. The number of amides is 1. The van der Waals surface area contributed by atoms with Gasteiger partial charge in [0.25, 0.3) is 5.91 Å². The Bertz CT molecular complexity index is 822. The van der Waals surface area contributed by atoms with Gasteiger partial charge < -0.3 is 14.8 Å². The van der Waals surface area contributed by atoms with E-state index in [-0.39, 0.29) is 18.4 Å². The van der Waals surface area contributed by atoms with Crippen LogP contribution in [0.1, 0.15) is 24.1 Å². The van der Waals surface area contributed by atoms with E-state index in [1.165, 1.54) is 6.08 Å². The molecule has 5 nitrogen and oxygen atoms in total. The highest BCUT2D eigenvalue weighted by molar-refractivity contribution is 6.02. The van der Waals surface area contributed by atoms with E-state index in [0.717, 1.165) is 5.56 Å². The van der Waals surface area contributed by atoms with Gasteiger partial charge in [0.05, 0.1) is 6.04 Å². The standard InChI is InChI=1S/C19H16N2O3/c1-13(14-6-3-2-4-7-14)21-19(22)16(11-20)10-15-8-5-9-17-18(15)24-12-23-17/h2-10,13H,12H2,1H3,(H,21,22)/b16-10+. The van der Waals surface area contributed by atoms with Crippen molar-refractivity contribution in [2.75, 3.05) is 6.79 Å². The van der Waals surface area contributed by atoms with Gasteiger partial charge in [0, 0.05) is 5.56 Å². The van der Waals surface area contributed by atoms with Crippen LogP contribution < -0.4 is 14.8 Å². The van der Waals surface area contributed by atoms with Gasteiger partial charge in [0.2, 0.25) is 6.79 Å². The number of nitriles is 1. The number of ether oxygens (including phenoxy) is 2. The molecule has 0 aliphatic carbocycles. The predicted molar refractivity (Wildman–Crippen MR) is 89.2 cm³/mol. The Balaban J connectivity index is 1.80. The van der Waals surface area contributed by atoms with Crippen LogP contribution in [0.2, 0.25) is 0 Å². The minimum atomic E-state index is -0.426. The zero-order valence-corrected chi connectivity index (χ0v) is 13.2. The lowest BCUT2D eigenvalue weighted by Crippen LogP contribution is -2.27. The maximum absolute atomic E-state index is 12.4. The van der Waals surface area contributed by atoms with Crippen LogP contribution in [-0.2, 0) is 4.79 Å². The Hall–Kier alpha value is -3.26. The molecule has 0 fully saturated rings. The molecule has 24 heavy (non-hydrogen) atoms. The van der Waals surface area contributed by atoms with E-state index in [1.807, 2.05) is 43.3 Å². The molecule has 120 valence electrons. The minimum Gasteiger partial charge on any atom is -0.454 e. The molecule has 0 saturated heterocycles. The molecule has 1 amide bonds. The van der Waals surface area contributed by atoms with Crippen molar-refractivity contribution in [1.29, 1.82) is 5.26 Å². The van der Waals surface area contributed by atoms with E-state index < -0.39 is 5.91 Å². The first-order valence-corrected chi connectivity index (χ1v) is 7.55. The summed E-state index contributed by atoms with van der Waals surface area (Å²) >= 11 is 0. The molecule has 2 aromatic carbocycles. The molecule has 1 N–H and O–H groups in total. The SMILES string of the molecule is CC(NC(=O)/C(C#N)=C/c1cccc2c1OCO2)c1ccccc1. The summed E-state index contributed by atoms with van der Waals surface area (Å²) in [7, 11) is 0. The van der Waals surface area contributed by atoms with Crippen molar-refractivity contribution in [2.24, 2.45) is 0 Å². The molecule has 0 aromatic heterocycles. The highest BCUT2D eigenvalue weighted by atomic mass is 16.7. The molecule has 1 unspecified atom stereocenters. The number of nitrogens with one attached hydrogen (secondary N) is 1. The third-order valence-corrected chi connectivity index (χ3v) is 3.74. The lowest BCUT2D eigenvalue weighted by Gasteiger charge is -2.13. The van der Waals surface area contributed by atoms with E-state index in [2.05, 4.69) is 5.32 Å². The molecule has 1 aliphatic heterocycles. The number of fused-ring (bicyclic) bond motifs is 1. The van der Waals surface area contributed by atoms with Crippen LogP contribution in [0.15, 0.2) is 54.1 Å². The Morgan fingerprint density at radius 3 is 2.75 bits per heavy atom. The van der Waals surface area contributed by atoms with Crippen molar-refractivity contribution in [3.8, 4) is 17.6 Å². The molecular weight excluding hydrogens is 304 g/mol. The van der Waals surface area contributed by atoms with Crippen LogP contribution in [0.4, 0.5) is 0 Å². The van der Waals surface area contributed by atoms with E-state index in [1.54, 1.807) is 18.2 Å². The molecule has 0 bridgehead atoms. The number of rotatable bonds is 4. The second-order valence-electron chi connectivity index (χ2n) is 5.36. The smallest absolute Gasteiger partial charge is 0.262 e. The Morgan fingerprint density at radius 1 is 1.21 bits per heavy atom. The van der Waals surface area contributed by atoms with Gasteiger partial charge >= 0.3 is 0 Å². The first-order chi connectivity index (χ1) is 11.7. The van der Waals surface area contributed by atoms with E-state index in [0.29, 0.717) is 17.1 Å². The number of carbonyl (C=O) groups is 1. The summed E-state index contributed by atoms with van der Waals surface area (Å²) in [5, 5.41) is 12.2. The molecule has 1 heterocycles. The molecule has 2 aromatic rings. The molecule has 1 atom stereocenters. The maximum atomic E-state index is 12.4. The van der Waals surface area contributed by atoms with Crippen LogP contribution in [0.3, 0.4) is 0 Å². The topological polar surface area (TPSA) is 71.4 Å². The van der Waals surface area contributed by atoms with Gasteiger partial charge in [-0.15, -0.1) is 0 Å². The average molecular weight is 320 g/mol. The molecule has 0 radical (unpaired) electrons. The monoisotopic (exact) mass is 320 g/mol. The predicted octanol–water partition coefficient (Wildman–Crippen LogP) is 3.20. The Morgan fingerprint density at radius 2 is 2.00 bits per heavy atom. The number of benzene rings is 2. The van der Waals surface area contributed by atoms with Crippen molar-refractivity contribution in [3.63, 3.8) is 0 Å². The minimum absolute atomic E-state index is 0.0154. The van der Waals surface area contributed by atoms with Gasteiger partial charge in [0.15, 0.2) is 11.5 Å². The van der Waals surface area contributed by atoms with Crippen molar-refractivity contribution in [3.05, 3.63) is 65.2 Å². The number of hydrogen-bond donors (Lipinski definition) is 1. The Labute approximate surface area is 140 Å². The van der Waals surface area contributed by atoms with Crippen LogP contribution in [0.5, 0.6) is 11.5 Å². The number of carbonyl (C=O) groups excluding carboxylic acids is 1. The molecule has 5 heteroatoms. The lowest BCUT2D eigenvalue weighted by atomic mass is 10.1. The van der Waals surface area contributed by atoms with Crippen LogP contribution in [0, 0.1) is 11.3 Å². The summed E-state index contributed by atoms with van der Waals surface area (Å²) in [4.78, 5) is 12.4. The summed E-state index contributed by atoms with van der Waals surface area (Å²) in [5.41, 5.74) is 1.63. The van der Waals surface area contributed by atoms with Gasteiger partial charge in [-0.05, 0) is 24.6 Å². The first-order valence-electron chi connectivity index (χ1n) is 7.55. The fourth-order valence-electron chi connectivity index (χ4n) is 2.47. The second kappa shape index (κ2) is 6.88. The summed E-state index contributed by atoms with van der Waals surface area (Å²) in [6, 6.07) is 16.7. The van der Waals surface area contributed by atoms with Crippen LogP contribution >= 0.6 is 0 Å². The maximum Gasteiger partial charge on any atom is 0.262 e. The molecule has 0 saturated carbocycles. The second-order valence-corrected chi connectivity index (χ2v) is 5.36. The van der Waals surface area contributed by atoms with E-state index in [4.69, 9.17) is 9.47 Å². The molecule has 0 spiro atoms. The van der Waals surface area contributed by atoms with Gasteiger partial charge in [-0.2, -0.15) is 5.26 Å². The zero-order chi connectivity index (χ0) is 16.9. The van der Waals surface area contributed by atoms with Gasteiger partial charge in [-0.3, -0.25) is 4.79 Å². The summed E-state index contributed by atoms with van der Waals surface area (Å²) in [6.07, 6.45) is 1.51. The van der Waals surface area contributed by atoms with Crippen molar-refractivity contribution >= 4 is 12.0 Å². The third kappa shape index (κ3) is 3.23. The third-order valence-electron chi connectivity index (χ3n) is 3.74. The summed E-state index contributed by atoms with van der Waals surface area (Å²) in [6.45, 7) is 2.01. The molecule has 3 rings (SSSR count). The summed E-state index contributed by atoms with van der Waals surface area (Å²) in [5.74, 6) is 0.735. The molecular formula is C19H16N2O3. The van der Waals surface area contributed by atoms with E-state index >= 15 is 0 Å². The van der Waals surface area contributed by atoms with Gasteiger partial charge in [-0.25, -0.2) is 0 Å². The highest BCUT2D eigenvalue weighted by Crippen LogP contribution is 2.36. The Kier molecular flexibility index (Phi) is 4.48. The van der Waals surface area contributed by atoms with Gasteiger partial charge in [-0.1, -0.05) is 42.5 Å². The van der Waals surface area contributed by atoms with Crippen molar-refractivity contribution in [2.45, 2.75) is 13.0 Å². The quantitative estimate of drug-likeness (QED) is 0.693. The lowest BCUT2D eigenvalue weighted by molar-refractivity contribution is -0.117. The van der Waals surface area contributed by atoms with Gasteiger partial charge in [0.1, 0.15) is 11.6 Å². The first kappa shape index (κ1) is 15.6. The fourth-order valence-corrected chi connectivity index (χ4v) is 2.47. The van der Waals surface area contributed by atoms with Crippen molar-refractivity contribution < 1.29 is 14.3 Å². The normalized spacial score (nSPS) is 13.9. The number of hydrogen-bond acceptors (Lipinski definition) is 4. The zero-order valence-electron chi connectivity index (χ0n) is 13.2. The van der Waals surface area contributed by atoms with E-state index in [9.17, 15) is 10.1 Å². The highest BCUT2D eigenvalue weighted by Gasteiger charge is 2.19. The summed E-state index contributed by atoms with van der Waals surface area (Å²) < 4.78 is 10.7. The largest absolute Gasteiger partial charge is 0.454 e. The fraction of sp³-hybridized carbons (Fsp3) is 0.158. The number of para-hydroxylation sites is 1. The average Bonchev–Trinajstić information content (AvgIpc) is 3.09.